The molecule has 1 fully saturated rings. The van der Waals surface area contributed by atoms with E-state index >= 15 is 0 Å². The van der Waals surface area contributed by atoms with Crippen molar-refractivity contribution in [3.8, 4) is 17.2 Å². The number of rotatable bonds is 9. The lowest BCUT2D eigenvalue weighted by Gasteiger charge is -2.26. The van der Waals surface area contributed by atoms with Crippen molar-refractivity contribution in [2.24, 2.45) is 0 Å². The Kier molecular flexibility index (Phi) is 8.05. The quantitative estimate of drug-likeness (QED) is 0.213. The summed E-state index contributed by atoms with van der Waals surface area (Å²) in [5.74, 6) is -0.625. The number of hydrogen-bond acceptors (Lipinski definition) is 6. The molecule has 4 amide bonds. The highest BCUT2D eigenvalue weighted by Crippen LogP contribution is 2.30. The van der Waals surface area contributed by atoms with Gasteiger partial charge in [0, 0.05) is 11.6 Å². The predicted molar refractivity (Wildman–Crippen MR) is 150 cm³/mol. The van der Waals surface area contributed by atoms with Crippen molar-refractivity contribution in [2.45, 2.75) is 13.2 Å². The van der Waals surface area contributed by atoms with Gasteiger partial charge in [-0.2, -0.15) is 0 Å². The maximum atomic E-state index is 13.4. The van der Waals surface area contributed by atoms with Gasteiger partial charge in [-0.1, -0.05) is 42.5 Å². The summed E-state index contributed by atoms with van der Waals surface area (Å²) in [6.45, 7) is 0.463. The Hall–Kier alpha value is -5.44. The Morgan fingerprint density at radius 1 is 0.780 bits per heavy atom. The number of imide groups is 2. The van der Waals surface area contributed by atoms with Gasteiger partial charge in [0.05, 0.1) is 12.8 Å². The highest BCUT2D eigenvalue weighted by Gasteiger charge is 2.37. The Labute approximate surface area is 235 Å². The third-order valence-corrected chi connectivity index (χ3v) is 6.27. The van der Waals surface area contributed by atoms with Crippen LogP contribution in [0.1, 0.15) is 16.7 Å². The van der Waals surface area contributed by atoms with Crippen LogP contribution in [0.25, 0.3) is 6.08 Å². The summed E-state index contributed by atoms with van der Waals surface area (Å²) in [7, 11) is 1.50. The summed E-state index contributed by atoms with van der Waals surface area (Å²) < 4.78 is 30.3. The van der Waals surface area contributed by atoms with E-state index in [4.69, 9.17) is 14.2 Å². The number of urea groups is 1. The molecule has 41 heavy (non-hydrogen) atoms. The fourth-order valence-electron chi connectivity index (χ4n) is 4.11. The summed E-state index contributed by atoms with van der Waals surface area (Å²) in [6.07, 6.45) is 1.36. The number of halogens is 1. The van der Waals surface area contributed by atoms with Gasteiger partial charge >= 0.3 is 6.03 Å². The van der Waals surface area contributed by atoms with Crippen LogP contribution in [0.3, 0.4) is 0 Å². The zero-order chi connectivity index (χ0) is 28.8. The first-order chi connectivity index (χ1) is 19.9. The zero-order valence-corrected chi connectivity index (χ0v) is 22.0. The Balaban J connectivity index is 1.37. The van der Waals surface area contributed by atoms with E-state index in [1.807, 2.05) is 30.3 Å². The number of ether oxygens (including phenoxy) is 3. The van der Waals surface area contributed by atoms with Crippen molar-refractivity contribution in [3.05, 3.63) is 125 Å². The number of methoxy groups -OCH3 is 1. The average Bonchev–Trinajstić information content (AvgIpc) is 2.99. The minimum atomic E-state index is -0.863. The van der Waals surface area contributed by atoms with Crippen molar-refractivity contribution >= 4 is 29.6 Å². The average molecular weight is 553 g/mol. The number of hydrogen-bond donors (Lipinski definition) is 1. The van der Waals surface area contributed by atoms with Crippen LogP contribution in [0, 0.1) is 5.82 Å². The molecule has 0 aliphatic carbocycles. The van der Waals surface area contributed by atoms with Crippen LogP contribution in [-0.4, -0.2) is 25.0 Å². The Morgan fingerprint density at radius 3 is 2.15 bits per heavy atom. The van der Waals surface area contributed by atoms with Crippen molar-refractivity contribution in [1.29, 1.82) is 0 Å². The molecule has 0 atom stereocenters. The standard InChI is InChI=1S/C32H25FN2O6/c1-39-27-14-9-23(29(18-27)41-20-22-7-10-24(33)11-8-22)17-28-30(36)34-32(38)35(31(28)37)25-12-15-26(16-13-25)40-19-21-5-3-2-4-6-21/h2-18H,19-20H2,1H3,(H,34,36,38)/b28-17+. The second-order valence-corrected chi connectivity index (χ2v) is 9.04. The number of nitrogens with zero attached hydrogens (tertiary/aromatic N) is 1. The summed E-state index contributed by atoms with van der Waals surface area (Å²) in [5, 5.41) is 2.22. The number of carbonyl (C=O) groups is 3. The fraction of sp³-hybridized carbons (Fsp3) is 0.0938. The molecule has 1 heterocycles. The molecule has 0 spiro atoms. The lowest BCUT2D eigenvalue weighted by atomic mass is 10.1. The Bertz CT molecular complexity index is 1600. The number of amides is 4. The molecule has 0 saturated carbocycles. The molecule has 4 aromatic carbocycles. The highest BCUT2D eigenvalue weighted by molar-refractivity contribution is 6.39. The van der Waals surface area contributed by atoms with Gasteiger partial charge in [-0.05, 0) is 65.7 Å². The summed E-state index contributed by atoms with van der Waals surface area (Å²) in [6, 6.07) is 25.9. The van der Waals surface area contributed by atoms with Gasteiger partial charge in [0.2, 0.25) is 0 Å². The van der Waals surface area contributed by atoms with Gasteiger partial charge in [0.1, 0.15) is 41.9 Å². The molecular weight excluding hydrogens is 527 g/mol. The van der Waals surface area contributed by atoms with Crippen LogP contribution in [0.2, 0.25) is 0 Å². The van der Waals surface area contributed by atoms with Crippen molar-refractivity contribution in [1.82, 2.24) is 5.32 Å². The fourth-order valence-corrected chi connectivity index (χ4v) is 4.11. The monoisotopic (exact) mass is 552 g/mol. The van der Waals surface area contributed by atoms with Gasteiger partial charge in [-0.3, -0.25) is 14.9 Å². The van der Waals surface area contributed by atoms with E-state index in [0.29, 0.717) is 35.0 Å². The number of carbonyl (C=O) groups excluding carboxylic acids is 3. The summed E-state index contributed by atoms with van der Waals surface area (Å²) in [4.78, 5) is 39.8. The van der Waals surface area contributed by atoms with Gasteiger partial charge in [0.25, 0.3) is 11.8 Å². The number of nitrogens with one attached hydrogen (secondary N) is 1. The minimum absolute atomic E-state index is 0.104. The van der Waals surface area contributed by atoms with Crippen LogP contribution in [-0.2, 0) is 22.8 Å². The zero-order valence-electron chi connectivity index (χ0n) is 22.0. The van der Waals surface area contributed by atoms with E-state index in [1.54, 1.807) is 54.6 Å². The maximum absolute atomic E-state index is 13.4. The molecular formula is C32H25FN2O6. The molecule has 9 heteroatoms. The van der Waals surface area contributed by atoms with E-state index in [2.05, 4.69) is 5.32 Å². The molecule has 0 unspecified atom stereocenters. The van der Waals surface area contributed by atoms with Gasteiger partial charge in [-0.15, -0.1) is 0 Å². The molecule has 8 nitrogen and oxygen atoms in total. The topological polar surface area (TPSA) is 94.2 Å². The smallest absolute Gasteiger partial charge is 0.335 e. The normalized spacial score (nSPS) is 14.1. The van der Waals surface area contributed by atoms with E-state index in [9.17, 15) is 18.8 Å². The number of barbiturate groups is 1. The molecule has 5 rings (SSSR count). The van der Waals surface area contributed by atoms with Crippen LogP contribution in [0.4, 0.5) is 14.9 Å². The number of anilines is 1. The van der Waals surface area contributed by atoms with Crippen LogP contribution in [0.5, 0.6) is 17.2 Å². The first kappa shape index (κ1) is 27.1. The predicted octanol–water partition coefficient (Wildman–Crippen LogP) is 5.66. The van der Waals surface area contributed by atoms with Gasteiger partial charge < -0.3 is 14.2 Å². The second-order valence-electron chi connectivity index (χ2n) is 9.04. The molecule has 4 aromatic rings. The van der Waals surface area contributed by atoms with Crippen molar-refractivity contribution in [2.75, 3.05) is 12.0 Å². The van der Waals surface area contributed by atoms with E-state index in [1.165, 1.54) is 25.3 Å². The second kappa shape index (κ2) is 12.2. The van der Waals surface area contributed by atoms with Crippen LogP contribution < -0.4 is 24.4 Å². The molecule has 206 valence electrons. The maximum Gasteiger partial charge on any atom is 0.335 e. The van der Waals surface area contributed by atoms with Crippen LogP contribution in [0.15, 0.2) is 103 Å². The molecule has 0 bridgehead atoms. The van der Waals surface area contributed by atoms with E-state index < -0.39 is 17.8 Å². The van der Waals surface area contributed by atoms with E-state index in [0.717, 1.165) is 10.5 Å². The summed E-state index contributed by atoms with van der Waals surface area (Å²) in [5.41, 5.74) is 2.12. The molecule has 0 aromatic heterocycles. The third kappa shape index (κ3) is 6.42. The molecule has 1 aliphatic heterocycles. The first-order valence-electron chi connectivity index (χ1n) is 12.6. The Morgan fingerprint density at radius 2 is 1.44 bits per heavy atom. The first-order valence-corrected chi connectivity index (χ1v) is 12.6. The third-order valence-electron chi connectivity index (χ3n) is 6.27. The largest absolute Gasteiger partial charge is 0.497 e. The SMILES string of the molecule is COc1ccc(/C=C2\C(=O)NC(=O)N(c3ccc(OCc4ccccc4)cc3)C2=O)c(OCc2ccc(F)cc2)c1. The van der Waals surface area contributed by atoms with E-state index in [-0.39, 0.29) is 23.7 Å². The van der Waals surface area contributed by atoms with Gasteiger partial charge in [-0.25, -0.2) is 14.1 Å². The molecule has 0 radical (unpaired) electrons. The van der Waals surface area contributed by atoms with Crippen molar-refractivity contribution < 1.29 is 33.0 Å². The lowest BCUT2D eigenvalue weighted by molar-refractivity contribution is -0.122. The minimum Gasteiger partial charge on any atom is -0.497 e. The molecule has 1 saturated heterocycles. The summed E-state index contributed by atoms with van der Waals surface area (Å²) >= 11 is 0. The number of benzene rings is 4. The van der Waals surface area contributed by atoms with Gasteiger partial charge in [0.15, 0.2) is 0 Å². The molecule has 1 aliphatic rings. The molecule has 1 N–H and O–H groups in total. The highest BCUT2D eigenvalue weighted by atomic mass is 19.1. The lowest BCUT2D eigenvalue weighted by Crippen LogP contribution is -2.54. The van der Waals surface area contributed by atoms with Crippen molar-refractivity contribution in [3.63, 3.8) is 0 Å². The van der Waals surface area contributed by atoms with Crippen LogP contribution >= 0.6 is 0 Å².